The number of fused-ring (bicyclic) bond motifs is 3. The number of hydrogen-bond acceptors (Lipinski definition) is 3. The summed E-state index contributed by atoms with van der Waals surface area (Å²) in [6.45, 7) is 2.50. The van der Waals surface area contributed by atoms with Crippen molar-refractivity contribution in [2.75, 3.05) is 13.2 Å². The largest absolute Gasteiger partial charge is 0.478 e. The monoisotopic (exact) mass is 425 g/mol. The lowest BCUT2D eigenvalue weighted by atomic mass is 9.98. The van der Waals surface area contributed by atoms with E-state index in [1.807, 2.05) is 31.2 Å². The highest BCUT2D eigenvalue weighted by atomic mass is 16.5. The number of benzene rings is 3. The molecule has 1 amide bonds. The smallest absolute Gasteiger partial charge is 0.407 e. The van der Waals surface area contributed by atoms with Gasteiger partial charge in [-0.1, -0.05) is 66.4 Å². The first-order valence-electron chi connectivity index (χ1n) is 10.5. The standard InChI is InChI=1S/C27H23NO4/c1-18-13-14-20(26(29)30)16-19(18)8-6-7-15-28-27(31)32-17-25-23-11-4-2-9-21(23)22-10-3-5-12-24(22)25/h2-5,9-14,16,25H,7,15,17H2,1H3,(H,28,31)(H,29,30). The molecule has 0 heterocycles. The number of aryl methyl sites for hydroxylation is 1. The number of carboxylic acids is 1. The number of hydrogen-bond donors (Lipinski definition) is 2. The maximum absolute atomic E-state index is 12.2. The van der Waals surface area contributed by atoms with Crippen LogP contribution in [-0.2, 0) is 4.74 Å². The van der Waals surface area contributed by atoms with Crippen molar-refractivity contribution in [1.29, 1.82) is 0 Å². The molecule has 0 aromatic heterocycles. The molecule has 0 atom stereocenters. The van der Waals surface area contributed by atoms with Crippen molar-refractivity contribution in [3.05, 3.63) is 94.5 Å². The second kappa shape index (κ2) is 9.40. The predicted octanol–water partition coefficient (Wildman–Crippen LogP) is 4.97. The van der Waals surface area contributed by atoms with Crippen LogP contribution < -0.4 is 5.32 Å². The zero-order valence-corrected chi connectivity index (χ0v) is 17.7. The third kappa shape index (κ3) is 4.50. The first kappa shape index (κ1) is 21.2. The van der Waals surface area contributed by atoms with Crippen LogP contribution in [0.15, 0.2) is 66.7 Å². The van der Waals surface area contributed by atoms with E-state index in [1.54, 1.807) is 18.2 Å². The average molecular weight is 425 g/mol. The summed E-state index contributed by atoms with van der Waals surface area (Å²) in [6.07, 6.45) is -0.0429. The molecule has 32 heavy (non-hydrogen) atoms. The van der Waals surface area contributed by atoms with Gasteiger partial charge >= 0.3 is 12.1 Å². The number of aromatic carboxylic acids is 1. The number of carboxylic acid groups (broad SMARTS) is 1. The van der Waals surface area contributed by atoms with Crippen molar-refractivity contribution < 1.29 is 19.4 Å². The number of carbonyl (C=O) groups is 2. The Morgan fingerprint density at radius 2 is 1.66 bits per heavy atom. The van der Waals surface area contributed by atoms with Crippen LogP contribution in [0.4, 0.5) is 4.79 Å². The molecule has 5 nitrogen and oxygen atoms in total. The van der Waals surface area contributed by atoms with Crippen molar-refractivity contribution >= 4 is 12.1 Å². The highest BCUT2D eigenvalue weighted by Crippen LogP contribution is 2.44. The number of ether oxygens (including phenoxy) is 1. The topological polar surface area (TPSA) is 75.6 Å². The molecule has 2 N–H and O–H groups in total. The summed E-state index contributed by atoms with van der Waals surface area (Å²) in [5, 5.41) is 11.8. The second-order valence-electron chi connectivity index (χ2n) is 7.64. The summed E-state index contributed by atoms with van der Waals surface area (Å²) in [6, 6.07) is 21.3. The molecule has 0 radical (unpaired) electrons. The highest BCUT2D eigenvalue weighted by Gasteiger charge is 2.28. The van der Waals surface area contributed by atoms with Crippen molar-refractivity contribution in [1.82, 2.24) is 5.32 Å². The van der Waals surface area contributed by atoms with Crippen molar-refractivity contribution in [2.24, 2.45) is 0 Å². The molecule has 0 fully saturated rings. The normalized spacial score (nSPS) is 11.7. The average Bonchev–Trinajstić information content (AvgIpc) is 3.12. The molecule has 1 aliphatic carbocycles. The first-order chi connectivity index (χ1) is 15.5. The van der Waals surface area contributed by atoms with E-state index in [-0.39, 0.29) is 18.1 Å². The van der Waals surface area contributed by atoms with Crippen LogP contribution in [0.3, 0.4) is 0 Å². The molecular formula is C27H23NO4. The maximum Gasteiger partial charge on any atom is 0.407 e. The van der Waals surface area contributed by atoms with Crippen LogP contribution in [0, 0.1) is 18.8 Å². The van der Waals surface area contributed by atoms with Crippen LogP contribution >= 0.6 is 0 Å². The summed E-state index contributed by atoms with van der Waals surface area (Å²) in [4.78, 5) is 23.3. The van der Waals surface area contributed by atoms with E-state index in [1.165, 1.54) is 22.3 Å². The Morgan fingerprint density at radius 3 is 2.31 bits per heavy atom. The predicted molar refractivity (Wildman–Crippen MR) is 123 cm³/mol. The van der Waals surface area contributed by atoms with Gasteiger partial charge in [0, 0.05) is 24.4 Å². The van der Waals surface area contributed by atoms with E-state index < -0.39 is 12.1 Å². The van der Waals surface area contributed by atoms with Gasteiger partial charge in [-0.15, -0.1) is 0 Å². The molecule has 0 unspecified atom stereocenters. The quantitative estimate of drug-likeness (QED) is 0.447. The molecule has 0 spiro atoms. The molecule has 4 rings (SSSR count). The Bertz CT molecular complexity index is 1190. The van der Waals surface area contributed by atoms with Crippen molar-refractivity contribution in [3.8, 4) is 23.0 Å². The van der Waals surface area contributed by atoms with Gasteiger partial charge in [-0.05, 0) is 46.9 Å². The number of rotatable bonds is 5. The van der Waals surface area contributed by atoms with Gasteiger partial charge in [-0.25, -0.2) is 9.59 Å². The molecule has 0 saturated carbocycles. The van der Waals surface area contributed by atoms with Gasteiger partial charge in [0.05, 0.1) is 5.56 Å². The summed E-state index contributed by atoms with van der Waals surface area (Å²) in [5.41, 5.74) is 6.51. The summed E-state index contributed by atoms with van der Waals surface area (Å²) >= 11 is 0. The molecule has 160 valence electrons. The second-order valence-corrected chi connectivity index (χ2v) is 7.64. The highest BCUT2D eigenvalue weighted by molar-refractivity contribution is 5.88. The third-order valence-electron chi connectivity index (χ3n) is 5.57. The molecule has 0 saturated heterocycles. The van der Waals surface area contributed by atoms with Crippen LogP contribution in [0.25, 0.3) is 11.1 Å². The lowest BCUT2D eigenvalue weighted by Gasteiger charge is -2.14. The van der Waals surface area contributed by atoms with E-state index >= 15 is 0 Å². The minimum Gasteiger partial charge on any atom is -0.478 e. The van der Waals surface area contributed by atoms with Crippen molar-refractivity contribution in [2.45, 2.75) is 19.3 Å². The fraction of sp³-hybridized carbons (Fsp3) is 0.185. The first-order valence-corrected chi connectivity index (χ1v) is 10.5. The maximum atomic E-state index is 12.2. The van der Waals surface area contributed by atoms with E-state index in [0.29, 0.717) is 18.5 Å². The summed E-state index contributed by atoms with van der Waals surface area (Å²) in [7, 11) is 0. The summed E-state index contributed by atoms with van der Waals surface area (Å²) < 4.78 is 5.50. The molecule has 1 aliphatic rings. The molecule has 5 heteroatoms. The Hall–Kier alpha value is -4.04. The minimum absolute atomic E-state index is 0.0254. The number of alkyl carbamates (subject to hydrolysis) is 1. The molecule has 3 aromatic carbocycles. The molecular weight excluding hydrogens is 402 g/mol. The van der Waals surface area contributed by atoms with E-state index in [0.717, 1.165) is 5.56 Å². The molecule has 0 bridgehead atoms. The molecule has 3 aromatic rings. The van der Waals surface area contributed by atoms with Crippen molar-refractivity contribution in [3.63, 3.8) is 0 Å². The third-order valence-corrected chi connectivity index (χ3v) is 5.57. The van der Waals surface area contributed by atoms with Crippen LogP contribution in [0.5, 0.6) is 0 Å². The van der Waals surface area contributed by atoms with Gasteiger partial charge in [0.15, 0.2) is 0 Å². The van der Waals surface area contributed by atoms with E-state index in [9.17, 15) is 9.59 Å². The minimum atomic E-state index is -0.982. The van der Waals surface area contributed by atoms with Crippen LogP contribution in [-0.4, -0.2) is 30.3 Å². The van der Waals surface area contributed by atoms with Gasteiger partial charge in [-0.2, -0.15) is 0 Å². The Balaban J connectivity index is 1.30. The Labute approximate surface area is 187 Å². The Kier molecular flexibility index (Phi) is 6.23. The van der Waals surface area contributed by atoms with Crippen LogP contribution in [0.1, 0.15) is 45.0 Å². The zero-order chi connectivity index (χ0) is 22.5. The van der Waals surface area contributed by atoms with E-state index in [4.69, 9.17) is 9.84 Å². The van der Waals surface area contributed by atoms with E-state index in [2.05, 4.69) is 41.4 Å². The summed E-state index contributed by atoms with van der Waals surface area (Å²) in [5.74, 6) is 4.99. The van der Waals surface area contributed by atoms with Crippen LogP contribution in [0.2, 0.25) is 0 Å². The fourth-order valence-corrected chi connectivity index (χ4v) is 3.92. The lowest BCUT2D eigenvalue weighted by Crippen LogP contribution is -2.26. The number of nitrogens with one attached hydrogen (secondary N) is 1. The number of amides is 1. The van der Waals surface area contributed by atoms with Gasteiger partial charge in [0.25, 0.3) is 0 Å². The van der Waals surface area contributed by atoms with Gasteiger partial charge < -0.3 is 15.2 Å². The molecule has 0 aliphatic heterocycles. The lowest BCUT2D eigenvalue weighted by molar-refractivity contribution is 0.0696. The van der Waals surface area contributed by atoms with Gasteiger partial charge in [0.1, 0.15) is 6.61 Å². The van der Waals surface area contributed by atoms with Gasteiger partial charge in [-0.3, -0.25) is 0 Å². The zero-order valence-electron chi connectivity index (χ0n) is 17.7. The van der Waals surface area contributed by atoms with Gasteiger partial charge in [0.2, 0.25) is 0 Å². The SMILES string of the molecule is Cc1ccc(C(=O)O)cc1C#CCCNC(=O)OCC1c2ccccc2-c2ccccc21. The fourth-order valence-electron chi connectivity index (χ4n) is 3.92. The Morgan fingerprint density at radius 1 is 1.00 bits per heavy atom. The number of carbonyl (C=O) groups excluding carboxylic acids is 1.